The van der Waals surface area contributed by atoms with E-state index in [2.05, 4.69) is 10.6 Å². The van der Waals surface area contributed by atoms with Crippen LogP contribution in [0.15, 0.2) is 18.2 Å². The summed E-state index contributed by atoms with van der Waals surface area (Å²) in [5.74, 6) is -0.628. The van der Waals surface area contributed by atoms with Crippen LogP contribution >= 0.6 is 11.6 Å². The molecule has 0 radical (unpaired) electrons. The number of hydrogen-bond acceptors (Lipinski definition) is 5. The van der Waals surface area contributed by atoms with Crippen molar-refractivity contribution in [1.82, 2.24) is 10.2 Å². The lowest BCUT2D eigenvalue weighted by molar-refractivity contribution is -0.383. The number of halogens is 1. The van der Waals surface area contributed by atoms with Crippen molar-refractivity contribution in [1.29, 1.82) is 0 Å². The lowest BCUT2D eigenvalue weighted by Crippen LogP contribution is -2.42. The molecule has 1 rings (SSSR count). The second kappa shape index (κ2) is 9.19. The molecule has 1 aromatic rings. The summed E-state index contributed by atoms with van der Waals surface area (Å²) in [6, 6.07) is 4.02. The van der Waals surface area contributed by atoms with Crippen molar-refractivity contribution < 1.29 is 14.5 Å². The number of benzene rings is 1. The van der Waals surface area contributed by atoms with Gasteiger partial charge in [0.05, 0.1) is 18.0 Å². The zero-order valence-electron chi connectivity index (χ0n) is 13.8. The van der Waals surface area contributed by atoms with Gasteiger partial charge in [-0.05, 0) is 32.5 Å². The van der Waals surface area contributed by atoms with Crippen molar-refractivity contribution in [2.24, 2.45) is 0 Å². The van der Waals surface area contributed by atoms with Gasteiger partial charge < -0.3 is 10.6 Å². The Bertz CT molecular complexity index is 621. The third-order valence-corrected chi connectivity index (χ3v) is 3.30. The number of anilines is 1. The Kier molecular flexibility index (Phi) is 7.60. The Morgan fingerprint density at radius 2 is 1.92 bits per heavy atom. The molecule has 9 heteroatoms. The van der Waals surface area contributed by atoms with Gasteiger partial charge in [0.15, 0.2) is 0 Å². The van der Waals surface area contributed by atoms with E-state index in [1.54, 1.807) is 4.90 Å². The molecule has 8 nitrogen and oxygen atoms in total. The van der Waals surface area contributed by atoms with Crippen LogP contribution in [-0.2, 0) is 9.59 Å². The minimum Gasteiger partial charge on any atom is -0.353 e. The quantitative estimate of drug-likeness (QED) is 0.547. The van der Waals surface area contributed by atoms with Crippen LogP contribution in [0.4, 0.5) is 11.4 Å². The minimum absolute atomic E-state index is 0.0155. The molecule has 0 aromatic heterocycles. The fraction of sp³-hybridized carbons (Fsp3) is 0.467. The van der Waals surface area contributed by atoms with E-state index in [1.807, 2.05) is 20.8 Å². The normalized spacial score (nSPS) is 10.8. The van der Waals surface area contributed by atoms with Crippen LogP contribution in [0.3, 0.4) is 0 Å². The molecular weight excluding hydrogens is 336 g/mol. The number of nitrogens with zero attached hydrogens (tertiary/aromatic N) is 2. The summed E-state index contributed by atoms with van der Waals surface area (Å²) in [6.07, 6.45) is 0. The van der Waals surface area contributed by atoms with Gasteiger partial charge in [-0.15, -0.1) is 0 Å². The zero-order chi connectivity index (χ0) is 18.3. The van der Waals surface area contributed by atoms with Crippen molar-refractivity contribution in [3.63, 3.8) is 0 Å². The van der Waals surface area contributed by atoms with Gasteiger partial charge in [0, 0.05) is 17.1 Å². The molecule has 0 bridgehead atoms. The second-order valence-corrected chi connectivity index (χ2v) is 5.93. The highest BCUT2D eigenvalue weighted by Gasteiger charge is 2.18. The Morgan fingerprint density at radius 1 is 1.29 bits per heavy atom. The molecule has 24 heavy (non-hydrogen) atoms. The van der Waals surface area contributed by atoms with Gasteiger partial charge in [-0.25, -0.2) is 0 Å². The van der Waals surface area contributed by atoms with Gasteiger partial charge in [-0.3, -0.25) is 24.6 Å². The smallest absolute Gasteiger partial charge is 0.294 e. The van der Waals surface area contributed by atoms with E-state index in [9.17, 15) is 19.7 Å². The molecule has 0 fully saturated rings. The molecule has 0 spiro atoms. The summed E-state index contributed by atoms with van der Waals surface area (Å²) < 4.78 is 0. The van der Waals surface area contributed by atoms with Crippen molar-refractivity contribution >= 4 is 34.8 Å². The highest BCUT2D eigenvalue weighted by atomic mass is 35.5. The standard InChI is InChI=1S/C15H21ClN4O4/c1-4-19(8-14(21)17-10(2)3)9-15(22)18-12-6-5-11(16)7-13(12)20(23)24/h5-7,10H,4,8-9H2,1-3H3,(H,17,21)(H,18,22). The summed E-state index contributed by atoms with van der Waals surface area (Å²) in [6.45, 7) is 6.02. The minimum atomic E-state index is -0.616. The first-order valence-electron chi connectivity index (χ1n) is 7.48. The number of likely N-dealkylation sites (N-methyl/N-ethyl adjacent to an activating group) is 1. The van der Waals surface area contributed by atoms with Crippen LogP contribution in [-0.4, -0.2) is 47.3 Å². The van der Waals surface area contributed by atoms with E-state index < -0.39 is 10.8 Å². The summed E-state index contributed by atoms with van der Waals surface area (Å²) in [5.41, 5.74) is -0.214. The predicted molar refractivity (Wildman–Crippen MR) is 92.1 cm³/mol. The molecule has 0 aliphatic heterocycles. The molecule has 0 heterocycles. The van der Waals surface area contributed by atoms with Crippen LogP contribution in [0.2, 0.25) is 5.02 Å². The molecule has 0 aliphatic rings. The molecule has 2 N–H and O–H groups in total. The van der Waals surface area contributed by atoms with E-state index >= 15 is 0 Å². The number of rotatable bonds is 8. The number of nitro groups is 1. The number of carbonyl (C=O) groups is 2. The first kappa shape index (κ1) is 19.9. The van der Waals surface area contributed by atoms with E-state index in [0.29, 0.717) is 6.54 Å². The molecule has 0 aliphatic carbocycles. The largest absolute Gasteiger partial charge is 0.353 e. The number of carbonyl (C=O) groups excluding carboxylic acids is 2. The average molecular weight is 357 g/mol. The van der Waals surface area contributed by atoms with Gasteiger partial charge >= 0.3 is 0 Å². The van der Waals surface area contributed by atoms with Gasteiger partial charge in [0.25, 0.3) is 5.69 Å². The fourth-order valence-corrected chi connectivity index (χ4v) is 2.17. The summed E-state index contributed by atoms with van der Waals surface area (Å²) in [7, 11) is 0. The van der Waals surface area contributed by atoms with Crippen LogP contribution in [0, 0.1) is 10.1 Å². The van der Waals surface area contributed by atoms with Gasteiger partial charge in [0.2, 0.25) is 11.8 Å². The van der Waals surface area contributed by atoms with Crippen LogP contribution < -0.4 is 10.6 Å². The fourth-order valence-electron chi connectivity index (χ4n) is 2.00. The Labute approximate surface area is 145 Å². The summed E-state index contributed by atoms with van der Waals surface area (Å²) in [4.78, 5) is 35.9. The Hall–Kier alpha value is -2.19. The topological polar surface area (TPSA) is 105 Å². The number of hydrogen-bond donors (Lipinski definition) is 2. The van der Waals surface area contributed by atoms with Gasteiger partial charge in [0.1, 0.15) is 5.69 Å². The molecule has 0 atom stereocenters. The highest BCUT2D eigenvalue weighted by molar-refractivity contribution is 6.31. The van der Waals surface area contributed by atoms with Crippen molar-refractivity contribution in [3.8, 4) is 0 Å². The zero-order valence-corrected chi connectivity index (χ0v) is 14.6. The third kappa shape index (κ3) is 6.51. The lowest BCUT2D eigenvalue weighted by Gasteiger charge is -2.20. The SMILES string of the molecule is CCN(CC(=O)Nc1ccc(Cl)cc1[N+](=O)[O-])CC(=O)NC(C)C. The highest BCUT2D eigenvalue weighted by Crippen LogP contribution is 2.27. The maximum Gasteiger partial charge on any atom is 0.294 e. The summed E-state index contributed by atoms with van der Waals surface area (Å²) in [5, 5.41) is 16.5. The monoisotopic (exact) mass is 356 g/mol. The van der Waals surface area contributed by atoms with Gasteiger partial charge in [-0.1, -0.05) is 18.5 Å². The molecule has 0 saturated carbocycles. The van der Waals surface area contributed by atoms with Gasteiger partial charge in [-0.2, -0.15) is 0 Å². The number of nitrogens with one attached hydrogen (secondary N) is 2. The molecular formula is C15H21ClN4O4. The number of amides is 2. The predicted octanol–water partition coefficient (Wildman–Crippen LogP) is 2.03. The van der Waals surface area contributed by atoms with E-state index in [4.69, 9.17) is 11.6 Å². The second-order valence-electron chi connectivity index (χ2n) is 5.49. The number of nitro benzene ring substituents is 1. The molecule has 1 aromatic carbocycles. The molecule has 2 amide bonds. The maximum atomic E-state index is 12.1. The molecule has 0 unspecified atom stereocenters. The maximum absolute atomic E-state index is 12.1. The van der Waals surface area contributed by atoms with Crippen LogP contribution in [0.25, 0.3) is 0 Å². The van der Waals surface area contributed by atoms with Crippen LogP contribution in [0.5, 0.6) is 0 Å². The van der Waals surface area contributed by atoms with Crippen molar-refractivity contribution in [2.75, 3.05) is 25.0 Å². The van der Waals surface area contributed by atoms with Crippen LogP contribution in [0.1, 0.15) is 20.8 Å². The Balaban J connectivity index is 2.71. The lowest BCUT2D eigenvalue weighted by atomic mass is 10.2. The third-order valence-electron chi connectivity index (χ3n) is 3.06. The summed E-state index contributed by atoms with van der Waals surface area (Å²) >= 11 is 5.73. The first-order valence-corrected chi connectivity index (χ1v) is 7.86. The van der Waals surface area contributed by atoms with Crippen molar-refractivity contribution in [3.05, 3.63) is 33.3 Å². The van der Waals surface area contributed by atoms with E-state index in [0.717, 1.165) is 0 Å². The molecule has 132 valence electrons. The Morgan fingerprint density at radius 3 is 2.46 bits per heavy atom. The van der Waals surface area contributed by atoms with Crippen molar-refractivity contribution in [2.45, 2.75) is 26.8 Å². The average Bonchev–Trinajstić information content (AvgIpc) is 2.47. The van der Waals surface area contributed by atoms with E-state index in [1.165, 1.54) is 18.2 Å². The van der Waals surface area contributed by atoms with E-state index in [-0.39, 0.29) is 41.4 Å². The molecule has 0 saturated heterocycles. The first-order chi connectivity index (χ1) is 11.2.